The summed E-state index contributed by atoms with van der Waals surface area (Å²) in [5.74, 6) is 0.220. The van der Waals surface area contributed by atoms with Crippen molar-refractivity contribution in [2.24, 2.45) is 5.92 Å². The molecule has 2 heteroatoms. The van der Waals surface area contributed by atoms with Crippen LogP contribution in [0.15, 0.2) is 0 Å². The molecule has 14 heavy (non-hydrogen) atoms. The topological polar surface area (TPSA) is 40.5 Å². The van der Waals surface area contributed by atoms with Crippen LogP contribution in [-0.2, 0) is 0 Å². The van der Waals surface area contributed by atoms with Crippen LogP contribution in [-0.4, -0.2) is 21.9 Å². The number of aliphatic hydroxyl groups excluding tert-OH is 1. The van der Waals surface area contributed by atoms with Crippen LogP contribution in [0.1, 0.15) is 59.8 Å². The number of hydrogen-bond acceptors (Lipinski definition) is 2. The van der Waals surface area contributed by atoms with Gasteiger partial charge in [-0.15, -0.1) is 0 Å². The molecule has 0 aromatic rings. The lowest BCUT2D eigenvalue weighted by Gasteiger charge is -2.36. The van der Waals surface area contributed by atoms with Gasteiger partial charge in [0.15, 0.2) is 0 Å². The Balaban J connectivity index is 4.31. The molecule has 0 aliphatic heterocycles. The molecule has 0 saturated heterocycles. The molecule has 3 unspecified atom stereocenters. The third-order valence-electron chi connectivity index (χ3n) is 3.29. The lowest BCUT2D eigenvalue weighted by atomic mass is 9.79. The molecule has 0 aliphatic carbocycles. The van der Waals surface area contributed by atoms with E-state index in [4.69, 9.17) is 0 Å². The molecule has 0 saturated carbocycles. The third-order valence-corrected chi connectivity index (χ3v) is 3.29. The Kier molecular flexibility index (Phi) is 6.38. The minimum absolute atomic E-state index is 0.220. The van der Waals surface area contributed by atoms with Crippen molar-refractivity contribution >= 4 is 0 Å². The second kappa shape index (κ2) is 6.41. The van der Waals surface area contributed by atoms with Crippen LogP contribution in [0.25, 0.3) is 0 Å². The fourth-order valence-electron chi connectivity index (χ4n) is 2.05. The predicted octanol–water partition coefficient (Wildman–Crippen LogP) is 2.72. The molecular weight excluding hydrogens is 176 g/mol. The molecule has 0 bridgehead atoms. The Morgan fingerprint density at radius 1 is 1.14 bits per heavy atom. The van der Waals surface area contributed by atoms with Crippen LogP contribution in [0.4, 0.5) is 0 Å². The molecule has 0 rings (SSSR count). The van der Waals surface area contributed by atoms with Crippen LogP contribution in [0.5, 0.6) is 0 Å². The van der Waals surface area contributed by atoms with Crippen LogP contribution < -0.4 is 0 Å². The van der Waals surface area contributed by atoms with Crippen molar-refractivity contribution < 1.29 is 10.2 Å². The van der Waals surface area contributed by atoms with Crippen molar-refractivity contribution in [2.75, 3.05) is 0 Å². The Bertz CT molecular complexity index is 143. The molecule has 0 aromatic heterocycles. The molecule has 0 amide bonds. The minimum atomic E-state index is -0.918. The summed E-state index contributed by atoms with van der Waals surface area (Å²) < 4.78 is 0. The maximum atomic E-state index is 10.2. The molecule has 0 aliphatic rings. The Morgan fingerprint density at radius 2 is 1.71 bits per heavy atom. The van der Waals surface area contributed by atoms with Crippen LogP contribution in [0.3, 0.4) is 0 Å². The van der Waals surface area contributed by atoms with Gasteiger partial charge in [-0.25, -0.2) is 0 Å². The lowest BCUT2D eigenvalue weighted by Crippen LogP contribution is -2.45. The van der Waals surface area contributed by atoms with Gasteiger partial charge < -0.3 is 10.2 Å². The normalized spacial score (nSPS) is 20.1. The summed E-state index contributed by atoms with van der Waals surface area (Å²) in [4.78, 5) is 0. The number of aliphatic hydroxyl groups is 2. The van der Waals surface area contributed by atoms with Crippen molar-refractivity contribution in [1.82, 2.24) is 0 Å². The van der Waals surface area contributed by atoms with E-state index in [1.165, 1.54) is 0 Å². The fourth-order valence-corrected chi connectivity index (χ4v) is 2.05. The van der Waals surface area contributed by atoms with Crippen molar-refractivity contribution in [1.29, 1.82) is 0 Å². The van der Waals surface area contributed by atoms with Gasteiger partial charge in [0.05, 0.1) is 11.7 Å². The summed E-state index contributed by atoms with van der Waals surface area (Å²) >= 11 is 0. The van der Waals surface area contributed by atoms with Gasteiger partial charge in [0, 0.05) is 0 Å². The highest BCUT2D eigenvalue weighted by Crippen LogP contribution is 2.30. The highest BCUT2D eigenvalue weighted by Gasteiger charge is 2.36. The summed E-state index contributed by atoms with van der Waals surface area (Å²) in [6.07, 6.45) is 4.25. The quantitative estimate of drug-likeness (QED) is 0.666. The van der Waals surface area contributed by atoms with E-state index >= 15 is 0 Å². The monoisotopic (exact) mass is 202 g/mol. The number of rotatable bonds is 7. The Hall–Kier alpha value is -0.0800. The summed E-state index contributed by atoms with van der Waals surface area (Å²) in [5.41, 5.74) is -0.918. The average Bonchev–Trinajstić information content (AvgIpc) is 2.17. The molecule has 0 heterocycles. The van der Waals surface area contributed by atoms with Crippen LogP contribution >= 0.6 is 0 Å². The predicted molar refractivity (Wildman–Crippen MR) is 60.2 cm³/mol. The second-order valence-corrected chi connectivity index (χ2v) is 4.40. The van der Waals surface area contributed by atoms with E-state index in [9.17, 15) is 10.2 Å². The molecule has 0 spiro atoms. The van der Waals surface area contributed by atoms with Gasteiger partial charge in [0.1, 0.15) is 0 Å². The number of hydrogen-bond donors (Lipinski definition) is 2. The van der Waals surface area contributed by atoms with Crippen molar-refractivity contribution in [3.05, 3.63) is 0 Å². The van der Waals surface area contributed by atoms with Gasteiger partial charge in [0.25, 0.3) is 0 Å². The lowest BCUT2D eigenvalue weighted by molar-refractivity contribution is -0.105. The van der Waals surface area contributed by atoms with Crippen LogP contribution in [0.2, 0.25) is 0 Å². The molecule has 2 N–H and O–H groups in total. The Labute approximate surface area is 88.3 Å². The zero-order valence-corrected chi connectivity index (χ0v) is 10.1. The SMILES string of the molecule is CCCCC(CC)C(C)(O)C(O)CC. The molecule has 2 nitrogen and oxygen atoms in total. The smallest absolute Gasteiger partial charge is 0.0905 e. The van der Waals surface area contributed by atoms with Crippen molar-refractivity contribution in [3.8, 4) is 0 Å². The zero-order chi connectivity index (χ0) is 11.2. The molecule has 3 atom stereocenters. The van der Waals surface area contributed by atoms with E-state index in [2.05, 4.69) is 13.8 Å². The largest absolute Gasteiger partial charge is 0.390 e. The highest BCUT2D eigenvalue weighted by atomic mass is 16.3. The molecular formula is C12H26O2. The number of unbranched alkanes of at least 4 members (excludes halogenated alkanes) is 1. The van der Waals surface area contributed by atoms with Gasteiger partial charge in [-0.05, 0) is 25.7 Å². The van der Waals surface area contributed by atoms with Gasteiger partial charge in [0.2, 0.25) is 0 Å². The first-order valence-corrected chi connectivity index (χ1v) is 5.91. The van der Waals surface area contributed by atoms with Gasteiger partial charge in [-0.2, -0.15) is 0 Å². The summed E-state index contributed by atoms with van der Waals surface area (Å²) in [6, 6.07) is 0. The van der Waals surface area contributed by atoms with Gasteiger partial charge >= 0.3 is 0 Å². The van der Waals surface area contributed by atoms with Crippen LogP contribution in [0, 0.1) is 5.92 Å². The van der Waals surface area contributed by atoms with E-state index in [1.807, 2.05) is 6.92 Å². The average molecular weight is 202 g/mol. The van der Waals surface area contributed by atoms with E-state index < -0.39 is 11.7 Å². The van der Waals surface area contributed by atoms with Crippen molar-refractivity contribution in [3.63, 3.8) is 0 Å². The zero-order valence-electron chi connectivity index (χ0n) is 10.1. The fraction of sp³-hybridized carbons (Fsp3) is 1.00. The molecule has 0 aromatic carbocycles. The summed E-state index contributed by atoms with van der Waals surface area (Å²) in [5, 5.41) is 20.0. The van der Waals surface area contributed by atoms with Crippen molar-refractivity contribution in [2.45, 2.75) is 71.5 Å². The minimum Gasteiger partial charge on any atom is -0.390 e. The first-order valence-electron chi connectivity index (χ1n) is 5.91. The highest BCUT2D eigenvalue weighted by molar-refractivity contribution is 4.87. The first kappa shape index (κ1) is 13.9. The second-order valence-electron chi connectivity index (χ2n) is 4.40. The van der Waals surface area contributed by atoms with Gasteiger partial charge in [-0.1, -0.05) is 40.0 Å². The van der Waals surface area contributed by atoms with E-state index in [1.54, 1.807) is 6.92 Å². The van der Waals surface area contributed by atoms with E-state index in [0.29, 0.717) is 6.42 Å². The summed E-state index contributed by atoms with van der Waals surface area (Å²) in [6.45, 7) is 7.91. The molecule has 0 radical (unpaired) electrons. The first-order chi connectivity index (χ1) is 6.50. The summed E-state index contributed by atoms with van der Waals surface area (Å²) in [7, 11) is 0. The maximum absolute atomic E-state index is 10.2. The van der Waals surface area contributed by atoms with E-state index in [-0.39, 0.29) is 5.92 Å². The molecule has 86 valence electrons. The third kappa shape index (κ3) is 3.58. The standard InChI is InChI=1S/C12H26O2/c1-5-8-9-10(6-2)12(4,14)11(13)7-3/h10-11,13-14H,5-9H2,1-4H3. The maximum Gasteiger partial charge on any atom is 0.0905 e. The Morgan fingerprint density at radius 3 is 2.07 bits per heavy atom. The van der Waals surface area contributed by atoms with Gasteiger partial charge in [-0.3, -0.25) is 0 Å². The molecule has 0 fully saturated rings. The van der Waals surface area contributed by atoms with E-state index in [0.717, 1.165) is 25.7 Å².